The Hall–Kier alpha value is -0.000000000000000139. The molecule has 0 aliphatic heterocycles. The summed E-state index contributed by atoms with van der Waals surface area (Å²) in [5.41, 5.74) is -0.128. The van der Waals surface area contributed by atoms with Crippen molar-refractivity contribution in [1.29, 1.82) is 0 Å². The topological polar surface area (TPSA) is 46.2 Å². The average Bonchev–Trinajstić information content (AvgIpc) is 2.85. The van der Waals surface area contributed by atoms with E-state index in [1.54, 1.807) is 0 Å². The summed E-state index contributed by atoms with van der Waals surface area (Å²) in [4.78, 5) is 0.0812. The summed E-state index contributed by atoms with van der Waals surface area (Å²) in [6, 6.07) is 4.27. The largest absolute Gasteiger partial charge is 0.240 e. The zero-order valence-corrected chi connectivity index (χ0v) is 13.9. The van der Waals surface area contributed by atoms with E-state index in [4.69, 9.17) is 34.8 Å². The SMILES string of the molecule is O=S(=O)(NCC1(CCl)CCCC1)c1cc(Cl)cc(Cl)c1. The van der Waals surface area contributed by atoms with Crippen LogP contribution < -0.4 is 4.72 Å². The molecule has 1 fully saturated rings. The molecule has 0 spiro atoms. The quantitative estimate of drug-likeness (QED) is 0.808. The molecule has 1 aromatic carbocycles. The molecule has 0 aromatic heterocycles. The van der Waals surface area contributed by atoms with E-state index in [1.165, 1.54) is 18.2 Å². The van der Waals surface area contributed by atoms with E-state index in [0.717, 1.165) is 25.7 Å². The van der Waals surface area contributed by atoms with Gasteiger partial charge in [-0.05, 0) is 36.5 Å². The fourth-order valence-corrected chi connectivity index (χ4v) is 4.74. The van der Waals surface area contributed by atoms with E-state index in [-0.39, 0.29) is 10.3 Å². The Morgan fingerprint density at radius 2 is 1.65 bits per heavy atom. The first-order chi connectivity index (χ1) is 9.37. The second-order valence-corrected chi connectivity index (χ2v) is 8.18. The fraction of sp³-hybridized carbons (Fsp3) is 0.538. The molecular formula is C13H16Cl3NO2S. The van der Waals surface area contributed by atoms with Crippen LogP contribution in [0, 0.1) is 5.41 Å². The van der Waals surface area contributed by atoms with Gasteiger partial charge >= 0.3 is 0 Å². The van der Waals surface area contributed by atoms with Gasteiger partial charge in [-0.3, -0.25) is 0 Å². The third-order valence-electron chi connectivity index (χ3n) is 3.73. The normalized spacial score (nSPS) is 18.4. The molecule has 112 valence electrons. The highest BCUT2D eigenvalue weighted by molar-refractivity contribution is 7.89. The van der Waals surface area contributed by atoms with Crippen LogP contribution >= 0.6 is 34.8 Å². The standard InChI is InChI=1S/C13H16Cl3NO2S/c14-8-13(3-1-2-4-13)9-17-20(18,19)12-6-10(15)5-11(16)7-12/h5-7,17H,1-4,8-9H2. The van der Waals surface area contributed by atoms with Gasteiger partial charge in [-0.25, -0.2) is 13.1 Å². The van der Waals surface area contributed by atoms with Crippen molar-refractivity contribution in [3.63, 3.8) is 0 Å². The zero-order valence-electron chi connectivity index (χ0n) is 10.8. The van der Waals surface area contributed by atoms with Gasteiger partial charge < -0.3 is 0 Å². The van der Waals surface area contributed by atoms with Gasteiger partial charge in [0, 0.05) is 22.5 Å². The van der Waals surface area contributed by atoms with Gasteiger partial charge in [-0.2, -0.15) is 0 Å². The molecule has 0 bridgehead atoms. The molecule has 20 heavy (non-hydrogen) atoms. The van der Waals surface area contributed by atoms with E-state index in [2.05, 4.69) is 4.72 Å². The predicted octanol–water partition coefficient (Wildman–Crippen LogP) is 4.07. The van der Waals surface area contributed by atoms with Crippen molar-refractivity contribution >= 4 is 44.8 Å². The Bertz CT molecular complexity index is 563. The number of sulfonamides is 1. The Morgan fingerprint density at radius 3 is 2.15 bits per heavy atom. The molecule has 0 saturated heterocycles. The van der Waals surface area contributed by atoms with Crippen LogP contribution in [0.25, 0.3) is 0 Å². The van der Waals surface area contributed by atoms with E-state index in [1.807, 2.05) is 0 Å². The lowest BCUT2D eigenvalue weighted by molar-refractivity contribution is 0.342. The van der Waals surface area contributed by atoms with Gasteiger partial charge in [0.1, 0.15) is 0 Å². The maximum atomic E-state index is 12.3. The highest BCUT2D eigenvalue weighted by Gasteiger charge is 2.34. The lowest BCUT2D eigenvalue weighted by Gasteiger charge is -2.26. The molecule has 1 N–H and O–H groups in total. The number of benzene rings is 1. The Kier molecular flexibility index (Phi) is 5.24. The fourth-order valence-electron chi connectivity index (χ4n) is 2.50. The zero-order chi connectivity index (χ0) is 14.8. The van der Waals surface area contributed by atoms with E-state index in [0.29, 0.717) is 22.5 Å². The van der Waals surface area contributed by atoms with Crippen LogP contribution in [0.15, 0.2) is 23.1 Å². The monoisotopic (exact) mass is 355 g/mol. The van der Waals surface area contributed by atoms with Crippen LogP contribution in [0.1, 0.15) is 25.7 Å². The molecule has 1 aliphatic rings. The summed E-state index contributed by atoms with van der Waals surface area (Å²) in [6.07, 6.45) is 4.10. The average molecular weight is 357 g/mol. The van der Waals surface area contributed by atoms with Crippen LogP contribution in [-0.2, 0) is 10.0 Å². The first-order valence-corrected chi connectivity index (χ1v) is 9.16. The van der Waals surface area contributed by atoms with Crippen LogP contribution in [0.4, 0.5) is 0 Å². The minimum atomic E-state index is -3.62. The van der Waals surface area contributed by atoms with Gasteiger partial charge in [0.2, 0.25) is 10.0 Å². The van der Waals surface area contributed by atoms with E-state index < -0.39 is 10.0 Å². The summed E-state index contributed by atoms with van der Waals surface area (Å²) in [5, 5.41) is 0.594. The van der Waals surface area contributed by atoms with E-state index >= 15 is 0 Å². The molecular weight excluding hydrogens is 341 g/mol. The van der Waals surface area contributed by atoms with Crippen molar-refractivity contribution in [2.24, 2.45) is 5.41 Å². The van der Waals surface area contributed by atoms with Gasteiger partial charge in [-0.1, -0.05) is 36.0 Å². The summed E-state index contributed by atoms with van der Waals surface area (Å²) in [6.45, 7) is 0.350. The molecule has 1 aromatic rings. The number of hydrogen-bond donors (Lipinski definition) is 1. The maximum Gasteiger partial charge on any atom is 0.240 e. The number of nitrogens with one attached hydrogen (secondary N) is 1. The third-order valence-corrected chi connectivity index (χ3v) is 6.12. The molecule has 1 aliphatic carbocycles. The molecule has 0 unspecified atom stereocenters. The summed E-state index contributed by atoms with van der Waals surface area (Å²) >= 11 is 17.7. The Morgan fingerprint density at radius 1 is 1.10 bits per heavy atom. The number of alkyl halides is 1. The minimum Gasteiger partial charge on any atom is -0.211 e. The second kappa shape index (κ2) is 6.41. The first-order valence-electron chi connectivity index (χ1n) is 6.39. The van der Waals surface area contributed by atoms with Gasteiger partial charge in [0.15, 0.2) is 0 Å². The third kappa shape index (κ3) is 3.80. The van der Waals surface area contributed by atoms with Crippen molar-refractivity contribution in [3.05, 3.63) is 28.2 Å². The molecule has 0 amide bonds. The molecule has 0 heterocycles. The molecule has 0 radical (unpaired) electrons. The Labute approximate surface area is 134 Å². The first kappa shape index (κ1) is 16.4. The van der Waals surface area contributed by atoms with Gasteiger partial charge in [0.05, 0.1) is 4.90 Å². The molecule has 0 atom stereocenters. The summed E-state index contributed by atoms with van der Waals surface area (Å²) in [5.74, 6) is 0.464. The number of hydrogen-bond acceptors (Lipinski definition) is 2. The van der Waals surface area contributed by atoms with Crippen LogP contribution in [-0.4, -0.2) is 20.8 Å². The summed E-state index contributed by atoms with van der Waals surface area (Å²) in [7, 11) is -3.62. The number of halogens is 3. The Balaban J connectivity index is 2.15. The van der Waals surface area contributed by atoms with Gasteiger partial charge in [0.25, 0.3) is 0 Å². The minimum absolute atomic E-state index is 0.0812. The van der Waals surface area contributed by atoms with Crippen molar-refractivity contribution < 1.29 is 8.42 Å². The molecule has 3 nitrogen and oxygen atoms in total. The van der Waals surface area contributed by atoms with Crippen LogP contribution in [0.2, 0.25) is 10.0 Å². The molecule has 2 rings (SSSR count). The maximum absolute atomic E-state index is 12.3. The lowest BCUT2D eigenvalue weighted by atomic mass is 9.89. The number of rotatable bonds is 5. The lowest BCUT2D eigenvalue weighted by Crippen LogP contribution is -2.37. The van der Waals surface area contributed by atoms with E-state index in [9.17, 15) is 8.42 Å². The molecule has 7 heteroatoms. The highest BCUT2D eigenvalue weighted by Crippen LogP contribution is 2.38. The van der Waals surface area contributed by atoms with Crippen LogP contribution in [0.5, 0.6) is 0 Å². The predicted molar refractivity (Wildman–Crippen MR) is 83.3 cm³/mol. The van der Waals surface area contributed by atoms with Crippen LogP contribution in [0.3, 0.4) is 0 Å². The second-order valence-electron chi connectivity index (χ2n) is 5.27. The molecule has 1 saturated carbocycles. The highest BCUT2D eigenvalue weighted by atomic mass is 35.5. The van der Waals surface area contributed by atoms with Gasteiger partial charge in [-0.15, -0.1) is 11.6 Å². The van der Waals surface area contributed by atoms with Crippen molar-refractivity contribution in [1.82, 2.24) is 4.72 Å². The van der Waals surface area contributed by atoms with Crippen molar-refractivity contribution in [2.75, 3.05) is 12.4 Å². The smallest absolute Gasteiger partial charge is 0.211 e. The summed E-state index contributed by atoms with van der Waals surface area (Å²) < 4.78 is 27.2. The van der Waals surface area contributed by atoms with Crippen molar-refractivity contribution in [3.8, 4) is 0 Å². The van der Waals surface area contributed by atoms with Crippen molar-refractivity contribution in [2.45, 2.75) is 30.6 Å².